The van der Waals surface area contributed by atoms with Gasteiger partial charge in [-0.15, -0.1) is 0 Å². The van der Waals surface area contributed by atoms with Crippen LogP contribution in [0, 0.1) is 27.7 Å². The Morgan fingerprint density at radius 2 is 1.11 bits per heavy atom. The molecule has 0 saturated heterocycles. The lowest BCUT2D eigenvalue weighted by Crippen LogP contribution is -1.95. The number of aryl methyl sites for hydroxylation is 4. The van der Waals surface area contributed by atoms with Gasteiger partial charge in [-0.2, -0.15) is 0 Å². The number of benzene rings is 3. The minimum atomic E-state index is 0.799. The van der Waals surface area contributed by atoms with Gasteiger partial charge >= 0.3 is 0 Å². The predicted octanol–water partition coefficient (Wildman–Crippen LogP) is 7.79. The maximum Gasteiger partial charge on any atom is 0.130 e. The molecule has 0 spiro atoms. The van der Waals surface area contributed by atoms with Crippen molar-refractivity contribution >= 4 is 12.2 Å². The lowest BCUT2D eigenvalue weighted by atomic mass is 10.0. The van der Waals surface area contributed by atoms with Gasteiger partial charge in [-0.3, -0.25) is 0 Å². The van der Waals surface area contributed by atoms with Crippen LogP contribution in [0.1, 0.15) is 33.4 Å². The minimum absolute atomic E-state index is 0.799. The maximum atomic E-state index is 6.19. The van der Waals surface area contributed by atoms with Crippen molar-refractivity contribution in [3.8, 4) is 23.0 Å². The van der Waals surface area contributed by atoms with Crippen LogP contribution in [0.15, 0.2) is 61.7 Å². The first-order valence-corrected chi connectivity index (χ1v) is 9.34. The van der Waals surface area contributed by atoms with Gasteiger partial charge < -0.3 is 9.47 Å². The molecule has 0 aliphatic rings. The first-order chi connectivity index (χ1) is 13.4. The molecule has 2 heteroatoms. The maximum absolute atomic E-state index is 6.19. The molecule has 0 aromatic heterocycles. The summed E-state index contributed by atoms with van der Waals surface area (Å²) >= 11 is 0. The summed E-state index contributed by atoms with van der Waals surface area (Å²) < 4.78 is 12.2. The van der Waals surface area contributed by atoms with E-state index in [2.05, 4.69) is 27.0 Å². The first-order valence-electron chi connectivity index (χ1n) is 9.34. The highest BCUT2D eigenvalue weighted by Gasteiger charge is 2.10. The first kappa shape index (κ1) is 19.5. The summed E-state index contributed by atoms with van der Waals surface area (Å²) in [5, 5.41) is 0. The molecule has 142 valence electrons. The molecule has 0 amide bonds. The highest BCUT2D eigenvalue weighted by Crippen LogP contribution is 2.35. The van der Waals surface area contributed by atoms with Crippen molar-refractivity contribution in [2.75, 3.05) is 0 Å². The van der Waals surface area contributed by atoms with E-state index in [4.69, 9.17) is 9.47 Å². The number of hydrogen-bond acceptors (Lipinski definition) is 2. The average molecular weight is 370 g/mol. The quantitative estimate of drug-likeness (QED) is 0.441. The normalized spacial score (nSPS) is 10.4. The molecule has 0 radical (unpaired) electrons. The van der Waals surface area contributed by atoms with Crippen molar-refractivity contribution in [3.63, 3.8) is 0 Å². The van der Waals surface area contributed by atoms with E-state index in [1.54, 1.807) is 0 Å². The Balaban J connectivity index is 1.85. The summed E-state index contributed by atoms with van der Waals surface area (Å²) in [6, 6.07) is 16.0. The van der Waals surface area contributed by atoms with Crippen LogP contribution in [-0.4, -0.2) is 0 Å². The summed E-state index contributed by atoms with van der Waals surface area (Å²) in [4.78, 5) is 0. The van der Waals surface area contributed by atoms with E-state index in [0.717, 1.165) is 56.4 Å². The molecule has 0 atom stereocenters. The molecule has 0 heterocycles. The summed E-state index contributed by atoms with van der Waals surface area (Å²) in [6.45, 7) is 15.9. The summed E-state index contributed by atoms with van der Waals surface area (Å²) in [5.74, 6) is 3.28. The van der Waals surface area contributed by atoms with E-state index in [0.29, 0.717) is 0 Å². The molecule has 28 heavy (non-hydrogen) atoms. The zero-order valence-corrected chi connectivity index (χ0v) is 17.0. The molecule has 0 N–H and O–H groups in total. The smallest absolute Gasteiger partial charge is 0.130 e. The third-order valence-corrected chi connectivity index (χ3v) is 4.82. The molecule has 0 unspecified atom stereocenters. The second-order valence-electron chi connectivity index (χ2n) is 7.04. The van der Waals surface area contributed by atoms with Crippen molar-refractivity contribution < 1.29 is 9.47 Å². The van der Waals surface area contributed by atoms with Gasteiger partial charge in [-0.1, -0.05) is 37.4 Å². The van der Waals surface area contributed by atoms with E-state index >= 15 is 0 Å². The van der Waals surface area contributed by atoms with Gasteiger partial charge in [0, 0.05) is 0 Å². The van der Waals surface area contributed by atoms with Gasteiger partial charge in [-0.05, 0) is 97.5 Å². The third-order valence-electron chi connectivity index (χ3n) is 4.82. The molecule has 0 bridgehead atoms. The monoisotopic (exact) mass is 370 g/mol. The molecule has 3 aromatic carbocycles. The van der Waals surface area contributed by atoms with Gasteiger partial charge in [0.1, 0.15) is 23.0 Å². The van der Waals surface area contributed by atoms with Crippen molar-refractivity contribution in [1.29, 1.82) is 0 Å². The molecule has 0 aliphatic heterocycles. The molecular weight excluding hydrogens is 344 g/mol. The topological polar surface area (TPSA) is 18.5 Å². The summed E-state index contributed by atoms with van der Waals surface area (Å²) in [5.41, 5.74) is 6.57. The standard InChI is InChI=1S/C26H26O2/c1-7-21-9-11-22(12-10-21)27-25-15-20(6)26(16-19(25)5)28-23-13-17(3)24(8-2)18(4)14-23/h7-16H,1-2H2,3-6H3. The Morgan fingerprint density at radius 1 is 0.607 bits per heavy atom. The van der Waals surface area contributed by atoms with Gasteiger partial charge in [0.2, 0.25) is 0 Å². The average Bonchev–Trinajstić information content (AvgIpc) is 2.66. The van der Waals surface area contributed by atoms with Crippen LogP contribution in [0.2, 0.25) is 0 Å². The predicted molar refractivity (Wildman–Crippen MR) is 119 cm³/mol. The van der Waals surface area contributed by atoms with Gasteiger partial charge in [0.15, 0.2) is 0 Å². The van der Waals surface area contributed by atoms with E-state index in [-0.39, 0.29) is 0 Å². The van der Waals surface area contributed by atoms with Crippen LogP contribution in [0.25, 0.3) is 12.2 Å². The Labute approximate surface area is 167 Å². The second kappa shape index (κ2) is 8.18. The molecule has 0 aliphatic carbocycles. The number of hydrogen-bond donors (Lipinski definition) is 0. The Morgan fingerprint density at radius 3 is 1.57 bits per heavy atom. The van der Waals surface area contributed by atoms with E-state index in [1.807, 2.05) is 74.5 Å². The second-order valence-corrected chi connectivity index (χ2v) is 7.04. The Bertz CT molecular complexity index is 1000. The van der Waals surface area contributed by atoms with Crippen LogP contribution < -0.4 is 9.47 Å². The van der Waals surface area contributed by atoms with E-state index < -0.39 is 0 Å². The van der Waals surface area contributed by atoms with Crippen molar-refractivity contribution in [3.05, 3.63) is 95.1 Å². The van der Waals surface area contributed by atoms with E-state index in [1.165, 1.54) is 0 Å². The number of ether oxygens (including phenoxy) is 2. The van der Waals surface area contributed by atoms with Gasteiger partial charge in [-0.25, -0.2) is 0 Å². The van der Waals surface area contributed by atoms with Crippen LogP contribution in [0.3, 0.4) is 0 Å². The highest BCUT2D eigenvalue weighted by molar-refractivity contribution is 5.59. The minimum Gasteiger partial charge on any atom is -0.457 e. The van der Waals surface area contributed by atoms with Crippen molar-refractivity contribution in [1.82, 2.24) is 0 Å². The lowest BCUT2D eigenvalue weighted by molar-refractivity contribution is 0.462. The van der Waals surface area contributed by atoms with Crippen LogP contribution in [0.5, 0.6) is 23.0 Å². The highest BCUT2D eigenvalue weighted by atomic mass is 16.5. The molecule has 0 saturated carbocycles. The zero-order chi connectivity index (χ0) is 20.3. The Hall–Kier alpha value is -3.26. The number of rotatable bonds is 6. The largest absolute Gasteiger partial charge is 0.457 e. The van der Waals surface area contributed by atoms with E-state index in [9.17, 15) is 0 Å². The van der Waals surface area contributed by atoms with Crippen molar-refractivity contribution in [2.45, 2.75) is 27.7 Å². The molecule has 2 nitrogen and oxygen atoms in total. The lowest BCUT2D eigenvalue weighted by Gasteiger charge is -2.15. The Kier molecular flexibility index (Phi) is 5.70. The van der Waals surface area contributed by atoms with Crippen LogP contribution >= 0.6 is 0 Å². The fourth-order valence-electron chi connectivity index (χ4n) is 3.22. The van der Waals surface area contributed by atoms with Gasteiger partial charge in [0.25, 0.3) is 0 Å². The van der Waals surface area contributed by atoms with Crippen LogP contribution in [0.4, 0.5) is 0 Å². The van der Waals surface area contributed by atoms with Crippen molar-refractivity contribution in [2.24, 2.45) is 0 Å². The fourth-order valence-corrected chi connectivity index (χ4v) is 3.22. The molecular formula is C26H26O2. The fraction of sp³-hybridized carbons (Fsp3) is 0.154. The molecule has 3 rings (SSSR count). The molecule has 0 fully saturated rings. The third kappa shape index (κ3) is 4.17. The van der Waals surface area contributed by atoms with Crippen LogP contribution in [-0.2, 0) is 0 Å². The summed E-state index contributed by atoms with van der Waals surface area (Å²) in [7, 11) is 0. The summed E-state index contributed by atoms with van der Waals surface area (Å²) in [6.07, 6.45) is 3.70. The van der Waals surface area contributed by atoms with Gasteiger partial charge in [0.05, 0.1) is 0 Å². The zero-order valence-electron chi connectivity index (χ0n) is 17.0. The SMILES string of the molecule is C=Cc1ccc(Oc2cc(C)c(Oc3cc(C)c(C=C)c(C)c3)cc2C)cc1. The molecule has 3 aromatic rings.